The molecule has 0 aliphatic carbocycles. The van der Waals surface area contributed by atoms with Gasteiger partial charge in [0.15, 0.2) is 6.61 Å². The summed E-state index contributed by atoms with van der Waals surface area (Å²) >= 11 is 0. The van der Waals surface area contributed by atoms with Crippen molar-refractivity contribution in [1.29, 1.82) is 0 Å². The van der Waals surface area contributed by atoms with E-state index in [2.05, 4.69) is 4.72 Å². The SMILES string of the molecule is Cc1cc(S(=O)(=O)Nc2cccc(S(=O)(=O)N3CCOCC3)c2)ccc1OCC(=O)O. The molecule has 1 heterocycles. The minimum absolute atomic E-state index is 0.0248. The zero-order chi connectivity index (χ0) is 22.6. The van der Waals surface area contributed by atoms with E-state index in [1.165, 1.54) is 46.8 Å². The minimum Gasteiger partial charge on any atom is -0.482 e. The van der Waals surface area contributed by atoms with Crippen molar-refractivity contribution in [3.8, 4) is 5.75 Å². The molecule has 3 rings (SSSR count). The fourth-order valence-corrected chi connectivity index (χ4v) is 5.55. The zero-order valence-electron chi connectivity index (χ0n) is 16.6. The summed E-state index contributed by atoms with van der Waals surface area (Å²) in [5.74, 6) is -0.898. The molecule has 168 valence electrons. The number of anilines is 1. The van der Waals surface area contributed by atoms with E-state index in [0.717, 1.165) is 0 Å². The van der Waals surface area contributed by atoms with Crippen LogP contribution >= 0.6 is 0 Å². The Kier molecular flexibility index (Phi) is 6.84. The molecule has 0 saturated carbocycles. The van der Waals surface area contributed by atoms with Crippen LogP contribution in [0.5, 0.6) is 5.75 Å². The van der Waals surface area contributed by atoms with Gasteiger partial charge in [0.25, 0.3) is 10.0 Å². The first kappa shape index (κ1) is 23.0. The average Bonchev–Trinajstić information content (AvgIpc) is 2.73. The van der Waals surface area contributed by atoms with Crippen molar-refractivity contribution < 1.29 is 36.2 Å². The molecule has 1 fully saturated rings. The molecule has 0 aromatic heterocycles. The Balaban J connectivity index is 1.81. The van der Waals surface area contributed by atoms with Gasteiger partial charge in [-0.05, 0) is 48.9 Å². The minimum atomic E-state index is -4.02. The standard InChI is InChI=1S/C19H22N2O8S2/c1-14-11-16(5-6-18(14)29-13-19(22)23)30(24,25)20-15-3-2-4-17(12-15)31(26,27)21-7-9-28-10-8-21/h2-6,11-12,20H,7-10,13H2,1H3,(H,22,23). The van der Waals surface area contributed by atoms with Crippen molar-refractivity contribution in [3.05, 3.63) is 48.0 Å². The van der Waals surface area contributed by atoms with Gasteiger partial charge >= 0.3 is 5.97 Å². The third-order valence-corrected chi connectivity index (χ3v) is 7.78. The molecule has 1 aliphatic rings. The number of benzene rings is 2. The van der Waals surface area contributed by atoms with Crippen LogP contribution in [-0.4, -0.2) is 65.1 Å². The Morgan fingerprint density at radius 1 is 1.10 bits per heavy atom. The first-order valence-electron chi connectivity index (χ1n) is 9.25. The van der Waals surface area contributed by atoms with Gasteiger partial charge in [-0.1, -0.05) is 6.07 Å². The Labute approximate surface area is 180 Å². The van der Waals surface area contributed by atoms with Gasteiger partial charge in [-0.3, -0.25) is 4.72 Å². The van der Waals surface area contributed by atoms with E-state index in [1.807, 2.05) is 0 Å². The van der Waals surface area contributed by atoms with Crippen molar-refractivity contribution in [2.24, 2.45) is 0 Å². The number of ether oxygens (including phenoxy) is 2. The molecule has 0 radical (unpaired) electrons. The number of rotatable bonds is 8. The number of nitrogens with one attached hydrogen (secondary N) is 1. The van der Waals surface area contributed by atoms with Crippen LogP contribution in [0.1, 0.15) is 5.56 Å². The average molecular weight is 471 g/mol. The highest BCUT2D eigenvalue weighted by Crippen LogP contribution is 2.25. The third kappa shape index (κ3) is 5.53. The topological polar surface area (TPSA) is 139 Å². The van der Waals surface area contributed by atoms with Crippen LogP contribution in [0.25, 0.3) is 0 Å². The quantitative estimate of drug-likeness (QED) is 0.588. The normalized spacial score (nSPS) is 15.4. The van der Waals surface area contributed by atoms with E-state index in [9.17, 15) is 21.6 Å². The van der Waals surface area contributed by atoms with E-state index in [-0.39, 0.29) is 34.3 Å². The lowest BCUT2D eigenvalue weighted by atomic mass is 10.2. The van der Waals surface area contributed by atoms with Gasteiger partial charge in [-0.15, -0.1) is 0 Å². The maximum absolute atomic E-state index is 12.8. The Hall–Kier alpha value is -2.67. The second-order valence-electron chi connectivity index (χ2n) is 6.76. The number of morpholine rings is 1. The lowest BCUT2D eigenvalue weighted by Gasteiger charge is -2.26. The molecule has 12 heteroatoms. The number of carboxylic acids is 1. The molecule has 10 nitrogen and oxygen atoms in total. The maximum atomic E-state index is 12.8. The maximum Gasteiger partial charge on any atom is 0.341 e. The van der Waals surface area contributed by atoms with E-state index in [0.29, 0.717) is 18.8 Å². The zero-order valence-corrected chi connectivity index (χ0v) is 18.3. The number of nitrogens with zero attached hydrogens (tertiary/aromatic N) is 1. The summed E-state index contributed by atoms with van der Waals surface area (Å²) in [7, 11) is -7.80. The lowest BCUT2D eigenvalue weighted by Crippen LogP contribution is -2.40. The van der Waals surface area contributed by atoms with Gasteiger partial charge in [-0.2, -0.15) is 4.31 Å². The largest absolute Gasteiger partial charge is 0.482 e. The Morgan fingerprint density at radius 2 is 1.81 bits per heavy atom. The molecule has 0 atom stereocenters. The summed E-state index contributed by atoms with van der Waals surface area (Å²) in [4.78, 5) is 10.5. The van der Waals surface area contributed by atoms with Crippen molar-refractivity contribution in [3.63, 3.8) is 0 Å². The van der Waals surface area contributed by atoms with Crippen molar-refractivity contribution in [2.45, 2.75) is 16.7 Å². The van der Waals surface area contributed by atoms with Gasteiger partial charge in [0, 0.05) is 13.1 Å². The van der Waals surface area contributed by atoms with Gasteiger partial charge in [0.05, 0.1) is 28.7 Å². The number of aryl methyl sites for hydroxylation is 1. The van der Waals surface area contributed by atoms with Crippen LogP contribution in [0.15, 0.2) is 52.3 Å². The summed E-state index contributed by atoms with van der Waals surface area (Å²) in [6.45, 7) is 2.11. The first-order chi connectivity index (χ1) is 14.6. The van der Waals surface area contributed by atoms with Crippen LogP contribution in [0.4, 0.5) is 5.69 Å². The fourth-order valence-electron chi connectivity index (χ4n) is 2.96. The fraction of sp³-hybridized carbons (Fsp3) is 0.316. The number of sulfonamides is 2. The molecule has 31 heavy (non-hydrogen) atoms. The number of hydrogen-bond acceptors (Lipinski definition) is 7. The second kappa shape index (κ2) is 9.22. The van der Waals surface area contributed by atoms with E-state index in [4.69, 9.17) is 14.6 Å². The predicted octanol–water partition coefficient (Wildman–Crippen LogP) is 1.28. The van der Waals surface area contributed by atoms with Gasteiger partial charge in [0.1, 0.15) is 5.75 Å². The number of hydrogen-bond donors (Lipinski definition) is 2. The monoisotopic (exact) mass is 470 g/mol. The summed E-state index contributed by atoms with van der Waals surface area (Å²) < 4.78 is 65.1. The van der Waals surface area contributed by atoms with Gasteiger partial charge in [0.2, 0.25) is 10.0 Å². The predicted molar refractivity (Wildman–Crippen MR) is 111 cm³/mol. The molecule has 0 amide bonds. The van der Waals surface area contributed by atoms with Crippen LogP contribution in [0, 0.1) is 6.92 Å². The smallest absolute Gasteiger partial charge is 0.341 e. The highest BCUT2D eigenvalue weighted by molar-refractivity contribution is 7.92. The van der Waals surface area contributed by atoms with Crippen LogP contribution < -0.4 is 9.46 Å². The van der Waals surface area contributed by atoms with Crippen molar-refractivity contribution in [1.82, 2.24) is 4.31 Å². The second-order valence-corrected chi connectivity index (χ2v) is 10.4. The number of carboxylic acid groups (broad SMARTS) is 1. The molecule has 1 aliphatic heterocycles. The summed E-state index contributed by atoms with van der Waals surface area (Å²) in [5, 5.41) is 8.69. The molecule has 2 aromatic carbocycles. The van der Waals surface area contributed by atoms with E-state index < -0.39 is 32.6 Å². The Morgan fingerprint density at radius 3 is 2.45 bits per heavy atom. The van der Waals surface area contributed by atoms with Gasteiger partial charge < -0.3 is 14.6 Å². The number of carbonyl (C=O) groups is 1. The highest BCUT2D eigenvalue weighted by atomic mass is 32.2. The summed E-state index contributed by atoms with van der Waals surface area (Å²) in [6, 6.07) is 9.56. The van der Waals surface area contributed by atoms with Crippen LogP contribution in [0.2, 0.25) is 0 Å². The highest BCUT2D eigenvalue weighted by Gasteiger charge is 2.27. The molecule has 0 unspecified atom stereocenters. The van der Waals surface area contributed by atoms with Crippen molar-refractivity contribution in [2.75, 3.05) is 37.6 Å². The molecular weight excluding hydrogens is 448 g/mol. The lowest BCUT2D eigenvalue weighted by molar-refractivity contribution is -0.139. The number of aliphatic carboxylic acids is 1. The van der Waals surface area contributed by atoms with E-state index >= 15 is 0 Å². The third-order valence-electron chi connectivity index (χ3n) is 4.50. The molecular formula is C19H22N2O8S2. The van der Waals surface area contributed by atoms with Crippen molar-refractivity contribution >= 4 is 31.7 Å². The summed E-state index contributed by atoms with van der Waals surface area (Å²) in [5.41, 5.74) is 0.533. The molecule has 0 bridgehead atoms. The Bertz CT molecular complexity index is 1170. The molecule has 0 spiro atoms. The molecule has 2 N–H and O–H groups in total. The first-order valence-corrected chi connectivity index (χ1v) is 12.2. The molecule has 2 aromatic rings. The van der Waals surface area contributed by atoms with Gasteiger partial charge in [-0.25, -0.2) is 21.6 Å². The van der Waals surface area contributed by atoms with Crippen LogP contribution in [-0.2, 0) is 29.6 Å². The van der Waals surface area contributed by atoms with E-state index in [1.54, 1.807) is 6.92 Å². The van der Waals surface area contributed by atoms with Crippen LogP contribution in [0.3, 0.4) is 0 Å². The summed E-state index contributed by atoms with van der Waals surface area (Å²) in [6.07, 6.45) is 0. The molecule has 1 saturated heterocycles.